The van der Waals surface area contributed by atoms with Crippen LogP contribution in [0.15, 0.2) is 12.4 Å². The second-order valence-corrected chi connectivity index (χ2v) is 4.91. The molecule has 6 heteroatoms. The normalized spacial score (nSPS) is 23.3. The van der Waals surface area contributed by atoms with Gasteiger partial charge in [0.1, 0.15) is 6.07 Å². The van der Waals surface area contributed by atoms with Gasteiger partial charge in [0, 0.05) is 45.7 Å². The smallest absolute Gasteiger partial charge is 0.183 e. The summed E-state index contributed by atoms with van der Waals surface area (Å²) in [5.74, 6) is 0.638. The van der Waals surface area contributed by atoms with Gasteiger partial charge in [-0.3, -0.25) is 4.90 Å². The van der Waals surface area contributed by atoms with Gasteiger partial charge in [0.15, 0.2) is 11.5 Å². The zero-order valence-corrected chi connectivity index (χ0v) is 11.6. The number of hydrogen-bond donors (Lipinski definition) is 0. The molecular formula is C13H19N5O. The van der Waals surface area contributed by atoms with E-state index in [1.807, 2.05) is 11.9 Å². The van der Waals surface area contributed by atoms with Crippen LogP contribution < -0.4 is 4.90 Å². The van der Waals surface area contributed by atoms with E-state index >= 15 is 0 Å². The number of hydrogen-bond acceptors (Lipinski definition) is 6. The molecule has 0 saturated carbocycles. The number of methoxy groups -OCH3 is 1. The number of nitriles is 1. The highest BCUT2D eigenvalue weighted by Gasteiger charge is 2.30. The Morgan fingerprint density at radius 1 is 1.53 bits per heavy atom. The summed E-state index contributed by atoms with van der Waals surface area (Å²) < 4.78 is 5.40. The molecule has 1 fully saturated rings. The van der Waals surface area contributed by atoms with Crippen molar-refractivity contribution in [2.75, 3.05) is 39.2 Å². The zero-order valence-electron chi connectivity index (χ0n) is 11.6. The topological polar surface area (TPSA) is 65.3 Å². The molecule has 0 N–H and O–H groups in total. The first-order chi connectivity index (χ1) is 9.15. The van der Waals surface area contributed by atoms with Crippen LogP contribution in [0.4, 0.5) is 5.82 Å². The summed E-state index contributed by atoms with van der Waals surface area (Å²) in [6, 6.07) is 2.48. The summed E-state index contributed by atoms with van der Waals surface area (Å²) in [6.45, 7) is 1.75. The molecule has 0 aromatic carbocycles. The van der Waals surface area contributed by atoms with E-state index in [1.165, 1.54) is 0 Å². The van der Waals surface area contributed by atoms with E-state index in [9.17, 15) is 0 Å². The predicted molar refractivity (Wildman–Crippen MR) is 71.8 cm³/mol. The molecule has 2 atom stereocenters. The van der Waals surface area contributed by atoms with Gasteiger partial charge < -0.3 is 9.64 Å². The third kappa shape index (κ3) is 3.00. The monoisotopic (exact) mass is 261 g/mol. The predicted octanol–water partition coefficient (Wildman–Crippen LogP) is 0.504. The first kappa shape index (κ1) is 13.7. The lowest BCUT2D eigenvalue weighted by atomic mass is 10.2. The van der Waals surface area contributed by atoms with Crippen molar-refractivity contribution in [2.24, 2.45) is 0 Å². The van der Waals surface area contributed by atoms with E-state index in [2.05, 4.69) is 28.0 Å². The Kier molecular flexibility index (Phi) is 4.30. The van der Waals surface area contributed by atoms with E-state index in [1.54, 1.807) is 19.5 Å². The van der Waals surface area contributed by atoms with Crippen molar-refractivity contribution in [3.63, 3.8) is 0 Å². The summed E-state index contributed by atoms with van der Waals surface area (Å²) in [7, 11) is 5.79. The fourth-order valence-electron chi connectivity index (χ4n) is 2.50. The van der Waals surface area contributed by atoms with Crippen LogP contribution >= 0.6 is 0 Å². The van der Waals surface area contributed by atoms with E-state index in [0.717, 1.165) is 19.5 Å². The molecule has 2 heterocycles. The average molecular weight is 261 g/mol. The Morgan fingerprint density at radius 2 is 2.26 bits per heavy atom. The Morgan fingerprint density at radius 3 is 2.89 bits per heavy atom. The molecule has 6 nitrogen and oxygen atoms in total. The van der Waals surface area contributed by atoms with Crippen molar-refractivity contribution in [1.82, 2.24) is 14.9 Å². The molecule has 0 aliphatic carbocycles. The van der Waals surface area contributed by atoms with Gasteiger partial charge in [-0.2, -0.15) is 5.26 Å². The molecule has 1 aliphatic rings. The lowest BCUT2D eigenvalue weighted by molar-refractivity contribution is 0.111. The molecular weight excluding hydrogens is 242 g/mol. The third-order valence-electron chi connectivity index (χ3n) is 3.61. The second-order valence-electron chi connectivity index (χ2n) is 4.91. The Hall–Kier alpha value is -1.71. The third-order valence-corrected chi connectivity index (χ3v) is 3.61. The minimum absolute atomic E-state index is 0.292. The number of anilines is 1. The van der Waals surface area contributed by atoms with Crippen LogP contribution in [0.25, 0.3) is 0 Å². The zero-order chi connectivity index (χ0) is 13.8. The van der Waals surface area contributed by atoms with Crippen molar-refractivity contribution in [2.45, 2.75) is 18.6 Å². The van der Waals surface area contributed by atoms with Crippen molar-refractivity contribution in [3.05, 3.63) is 18.1 Å². The van der Waals surface area contributed by atoms with Gasteiger partial charge in [-0.05, 0) is 13.5 Å². The van der Waals surface area contributed by atoms with Crippen LogP contribution in [0.1, 0.15) is 12.1 Å². The minimum Gasteiger partial charge on any atom is -0.380 e. The van der Waals surface area contributed by atoms with E-state index in [4.69, 9.17) is 10.00 Å². The lowest BCUT2D eigenvalue weighted by Gasteiger charge is -2.26. The molecule has 0 radical (unpaired) electrons. The first-order valence-electron chi connectivity index (χ1n) is 6.31. The summed E-state index contributed by atoms with van der Waals surface area (Å²) in [6.07, 6.45) is 4.45. The summed E-state index contributed by atoms with van der Waals surface area (Å²) >= 11 is 0. The molecule has 2 rings (SSSR count). The number of rotatable bonds is 4. The van der Waals surface area contributed by atoms with Gasteiger partial charge in [-0.25, -0.2) is 9.97 Å². The van der Waals surface area contributed by atoms with Crippen LogP contribution in [0, 0.1) is 11.3 Å². The molecule has 0 amide bonds. The lowest BCUT2D eigenvalue weighted by Crippen LogP contribution is -2.37. The second kappa shape index (κ2) is 5.95. The van der Waals surface area contributed by atoms with Gasteiger partial charge in [0.2, 0.25) is 0 Å². The standard InChI is InChI=1S/C13H19N5O/c1-17-9-11(19-3)6-10(17)8-18(2)13-12(7-14)15-4-5-16-13/h4-5,10-11H,6,8-9H2,1-3H3/t10-,11-/m0/s1. The molecule has 0 spiro atoms. The quantitative estimate of drug-likeness (QED) is 0.786. The number of likely N-dealkylation sites (tertiary alicyclic amines) is 1. The number of nitrogens with zero attached hydrogens (tertiary/aromatic N) is 5. The Balaban J connectivity index is 2.05. The van der Waals surface area contributed by atoms with E-state index < -0.39 is 0 Å². The minimum atomic E-state index is 0.292. The highest BCUT2D eigenvalue weighted by Crippen LogP contribution is 2.21. The van der Waals surface area contributed by atoms with E-state index in [-0.39, 0.29) is 0 Å². The maximum absolute atomic E-state index is 9.05. The molecule has 0 unspecified atom stereocenters. The van der Waals surface area contributed by atoms with Crippen molar-refractivity contribution < 1.29 is 4.74 Å². The maximum atomic E-state index is 9.05. The van der Waals surface area contributed by atoms with Gasteiger partial charge in [0.05, 0.1) is 6.10 Å². The molecule has 1 aliphatic heterocycles. The highest BCUT2D eigenvalue weighted by molar-refractivity contribution is 5.48. The van der Waals surface area contributed by atoms with Crippen molar-refractivity contribution >= 4 is 5.82 Å². The van der Waals surface area contributed by atoms with E-state index in [0.29, 0.717) is 23.7 Å². The SMILES string of the molecule is CO[C@H]1C[C@@H](CN(C)c2nccnc2C#N)N(C)C1. The van der Waals surface area contributed by atoms with Gasteiger partial charge in [0.25, 0.3) is 0 Å². The van der Waals surface area contributed by atoms with Gasteiger partial charge >= 0.3 is 0 Å². The Labute approximate surface area is 113 Å². The van der Waals surface area contributed by atoms with Crippen LogP contribution in [-0.4, -0.2) is 61.3 Å². The number of likely N-dealkylation sites (N-methyl/N-ethyl adjacent to an activating group) is 2. The maximum Gasteiger partial charge on any atom is 0.183 e. The summed E-state index contributed by atoms with van der Waals surface area (Å²) in [5.41, 5.74) is 0.369. The van der Waals surface area contributed by atoms with Crippen LogP contribution in [0.5, 0.6) is 0 Å². The molecule has 0 bridgehead atoms. The van der Waals surface area contributed by atoms with Crippen molar-refractivity contribution in [1.29, 1.82) is 5.26 Å². The van der Waals surface area contributed by atoms with Gasteiger partial charge in [-0.15, -0.1) is 0 Å². The van der Waals surface area contributed by atoms with Crippen LogP contribution in [0.3, 0.4) is 0 Å². The summed E-state index contributed by atoms with van der Waals surface area (Å²) in [5, 5.41) is 9.05. The molecule has 19 heavy (non-hydrogen) atoms. The number of ether oxygens (including phenoxy) is 1. The molecule has 1 aromatic rings. The van der Waals surface area contributed by atoms with Crippen LogP contribution in [-0.2, 0) is 4.74 Å². The molecule has 1 aromatic heterocycles. The summed E-state index contributed by atoms with van der Waals surface area (Å²) in [4.78, 5) is 12.6. The average Bonchev–Trinajstić information content (AvgIpc) is 2.79. The van der Waals surface area contributed by atoms with Crippen molar-refractivity contribution in [3.8, 4) is 6.07 Å². The Bertz CT molecular complexity index is 472. The highest BCUT2D eigenvalue weighted by atomic mass is 16.5. The largest absolute Gasteiger partial charge is 0.380 e. The molecule has 1 saturated heterocycles. The fourth-order valence-corrected chi connectivity index (χ4v) is 2.50. The number of aromatic nitrogens is 2. The first-order valence-corrected chi connectivity index (χ1v) is 6.31. The fraction of sp³-hybridized carbons (Fsp3) is 0.615. The van der Waals surface area contributed by atoms with Gasteiger partial charge in [-0.1, -0.05) is 0 Å². The molecule has 102 valence electrons. The van der Waals surface area contributed by atoms with Crippen LogP contribution in [0.2, 0.25) is 0 Å².